The zero-order chi connectivity index (χ0) is 27.0. The van der Waals surface area contributed by atoms with Gasteiger partial charge in [-0.25, -0.2) is 9.18 Å². The van der Waals surface area contributed by atoms with E-state index in [4.69, 9.17) is 21.1 Å². The summed E-state index contributed by atoms with van der Waals surface area (Å²) in [6.07, 6.45) is -0.602. The topological polar surface area (TPSA) is 64.6 Å². The van der Waals surface area contributed by atoms with Gasteiger partial charge in [0.2, 0.25) is 5.91 Å². The summed E-state index contributed by atoms with van der Waals surface area (Å²) in [7, 11) is 2.92. The van der Waals surface area contributed by atoms with E-state index in [9.17, 15) is 14.0 Å². The average Bonchev–Trinajstić information content (AvgIpc) is 3.31. The fourth-order valence-electron chi connectivity index (χ4n) is 4.98. The van der Waals surface area contributed by atoms with E-state index >= 15 is 0 Å². The summed E-state index contributed by atoms with van der Waals surface area (Å²) in [6, 6.07) is 22.6. The van der Waals surface area contributed by atoms with Gasteiger partial charge >= 0.3 is 5.97 Å². The molecule has 1 amide bonds. The Morgan fingerprint density at radius 1 is 0.947 bits per heavy atom. The van der Waals surface area contributed by atoms with Crippen molar-refractivity contribution in [3.05, 3.63) is 112 Å². The van der Waals surface area contributed by atoms with E-state index in [0.29, 0.717) is 33.0 Å². The van der Waals surface area contributed by atoms with Gasteiger partial charge in [-0.15, -0.1) is 0 Å². The second kappa shape index (κ2) is 10.3. The molecule has 0 spiro atoms. The maximum Gasteiger partial charge on any atom is 0.338 e. The van der Waals surface area contributed by atoms with E-state index in [1.807, 2.05) is 49.4 Å². The van der Waals surface area contributed by atoms with Gasteiger partial charge in [0.15, 0.2) is 0 Å². The summed E-state index contributed by atoms with van der Waals surface area (Å²) in [4.78, 5) is 25.9. The number of carbonyl (C=O) groups excluding carboxylic acids is 2. The molecule has 7 heteroatoms. The molecule has 192 valence electrons. The molecule has 5 rings (SSSR count). The van der Waals surface area contributed by atoms with Crippen LogP contribution in [0.3, 0.4) is 0 Å². The minimum Gasteiger partial charge on any atom is -0.484 e. The minimum atomic E-state index is -0.636. The first kappa shape index (κ1) is 25.5. The number of methoxy groups -OCH3 is 1. The average molecular weight is 530 g/mol. The highest BCUT2D eigenvalue weighted by molar-refractivity contribution is 6.33. The Kier molecular flexibility index (Phi) is 6.91. The lowest BCUT2D eigenvalue weighted by Crippen LogP contribution is -2.28. The molecule has 0 radical (unpaired) electrons. The predicted octanol–water partition coefficient (Wildman–Crippen LogP) is 6.87. The molecule has 1 aliphatic heterocycles. The normalized spacial score (nSPS) is 15.9. The van der Waals surface area contributed by atoms with E-state index in [1.165, 1.54) is 19.2 Å². The maximum absolute atomic E-state index is 13.6. The summed E-state index contributed by atoms with van der Waals surface area (Å²) in [5.41, 5.74) is 5.74. The third-order valence-corrected chi connectivity index (χ3v) is 7.20. The van der Waals surface area contributed by atoms with Gasteiger partial charge in [-0.1, -0.05) is 48.0 Å². The predicted molar refractivity (Wildman–Crippen MR) is 145 cm³/mol. The molecule has 4 aromatic rings. The third-order valence-electron chi connectivity index (χ3n) is 6.87. The summed E-state index contributed by atoms with van der Waals surface area (Å²) < 4.78 is 24.8. The number of likely N-dealkylation sites (N-methyl/N-ethyl adjacent to an activating group) is 1. The van der Waals surface area contributed by atoms with Crippen molar-refractivity contribution in [1.29, 1.82) is 0 Å². The first-order valence-electron chi connectivity index (χ1n) is 12.1. The smallest absolute Gasteiger partial charge is 0.338 e. The Morgan fingerprint density at radius 3 is 2.37 bits per heavy atom. The molecule has 0 fully saturated rings. The Labute approximate surface area is 225 Å². The summed E-state index contributed by atoms with van der Waals surface area (Å²) in [6.45, 7) is 1.96. The molecular formula is C31H25ClFNO4. The van der Waals surface area contributed by atoms with Gasteiger partial charge in [0, 0.05) is 23.2 Å². The fraction of sp³-hybridized carbons (Fsp3) is 0.161. The van der Waals surface area contributed by atoms with Crippen molar-refractivity contribution < 1.29 is 23.5 Å². The van der Waals surface area contributed by atoms with Gasteiger partial charge in [-0.05, 0) is 77.2 Å². The zero-order valence-corrected chi connectivity index (χ0v) is 21.8. The number of nitrogens with one attached hydrogen (secondary N) is 1. The number of rotatable bonds is 5. The Hall–Kier alpha value is -4.16. The van der Waals surface area contributed by atoms with Crippen molar-refractivity contribution >= 4 is 23.5 Å². The molecule has 0 saturated heterocycles. The van der Waals surface area contributed by atoms with Crippen molar-refractivity contribution in [3.63, 3.8) is 0 Å². The van der Waals surface area contributed by atoms with Crippen molar-refractivity contribution in [1.82, 2.24) is 5.32 Å². The van der Waals surface area contributed by atoms with Crippen molar-refractivity contribution in [2.24, 2.45) is 0 Å². The fourth-order valence-corrected chi connectivity index (χ4v) is 5.22. The van der Waals surface area contributed by atoms with Crippen LogP contribution in [-0.4, -0.2) is 26.0 Å². The van der Waals surface area contributed by atoms with Gasteiger partial charge in [0.25, 0.3) is 0 Å². The maximum atomic E-state index is 13.6. The summed E-state index contributed by atoms with van der Waals surface area (Å²) in [5.74, 6) is -1.11. The van der Waals surface area contributed by atoms with Crippen LogP contribution < -0.4 is 10.1 Å². The monoisotopic (exact) mass is 529 g/mol. The molecule has 0 aliphatic carbocycles. The highest BCUT2D eigenvalue weighted by Gasteiger charge is 2.40. The number of halogens is 2. The van der Waals surface area contributed by atoms with Crippen LogP contribution in [0, 0.1) is 12.7 Å². The number of benzene rings is 4. The van der Waals surface area contributed by atoms with Crippen LogP contribution in [-0.2, 0) is 9.53 Å². The van der Waals surface area contributed by atoms with E-state index in [0.717, 1.165) is 22.3 Å². The quantitative estimate of drug-likeness (QED) is 0.286. The lowest BCUT2D eigenvalue weighted by molar-refractivity contribution is -0.123. The van der Waals surface area contributed by atoms with Gasteiger partial charge < -0.3 is 14.8 Å². The Balaban J connectivity index is 1.62. The molecule has 0 aromatic heterocycles. The standard InChI is InChI=1S/C31H25ClFNO4/c1-17-14-23(21-6-4-5-7-26(21)32)24(31(36)37-3)16-22(17)19-10-13-27-25(15-19)28(30(35)34-2)29(38-27)18-8-11-20(33)12-9-18/h4-16,28-29H,1-3H3,(H,34,35). The number of hydrogen-bond donors (Lipinski definition) is 1. The summed E-state index contributed by atoms with van der Waals surface area (Å²) in [5, 5.41) is 3.25. The second-order valence-corrected chi connectivity index (χ2v) is 9.53. The molecule has 0 saturated carbocycles. The molecule has 0 bridgehead atoms. The van der Waals surface area contributed by atoms with Crippen LogP contribution in [0.4, 0.5) is 4.39 Å². The molecule has 1 N–H and O–H groups in total. The lowest BCUT2D eigenvalue weighted by atomic mass is 9.87. The van der Waals surface area contributed by atoms with Gasteiger partial charge in [-0.3, -0.25) is 4.79 Å². The largest absolute Gasteiger partial charge is 0.484 e. The number of amides is 1. The minimum absolute atomic E-state index is 0.212. The molecule has 1 heterocycles. The highest BCUT2D eigenvalue weighted by Crippen LogP contribution is 2.48. The SMILES string of the molecule is CNC(=O)C1c2cc(-c3cc(C(=O)OC)c(-c4ccccc4Cl)cc3C)ccc2OC1c1ccc(F)cc1. The molecule has 38 heavy (non-hydrogen) atoms. The van der Waals surface area contributed by atoms with Crippen LogP contribution >= 0.6 is 11.6 Å². The molecule has 2 unspecified atom stereocenters. The number of esters is 1. The van der Waals surface area contributed by atoms with Crippen LogP contribution in [0.1, 0.15) is 39.1 Å². The number of fused-ring (bicyclic) bond motifs is 1. The van der Waals surface area contributed by atoms with Crippen LogP contribution in [0.5, 0.6) is 5.75 Å². The first-order chi connectivity index (χ1) is 18.3. The number of aryl methyl sites for hydroxylation is 1. The molecular weight excluding hydrogens is 505 g/mol. The van der Waals surface area contributed by atoms with Crippen LogP contribution in [0.25, 0.3) is 22.3 Å². The van der Waals surface area contributed by atoms with Gasteiger partial charge in [0.1, 0.15) is 23.6 Å². The molecule has 2 atom stereocenters. The first-order valence-corrected chi connectivity index (χ1v) is 12.5. The van der Waals surface area contributed by atoms with Gasteiger partial charge in [0.05, 0.1) is 12.7 Å². The Morgan fingerprint density at radius 2 is 1.68 bits per heavy atom. The van der Waals surface area contributed by atoms with Gasteiger partial charge in [-0.2, -0.15) is 0 Å². The highest BCUT2D eigenvalue weighted by atomic mass is 35.5. The van der Waals surface area contributed by atoms with E-state index in [2.05, 4.69) is 5.32 Å². The molecule has 4 aromatic carbocycles. The Bertz CT molecular complexity index is 1550. The molecule has 5 nitrogen and oxygen atoms in total. The lowest BCUT2D eigenvalue weighted by Gasteiger charge is -2.18. The van der Waals surface area contributed by atoms with Crippen molar-refractivity contribution in [3.8, 4) is 28.0 Å². The van der Waals surface area contributed by atoms with Crippen molar-refractivity contribution in [2.75, 3.05) is 14.2 Å². The van der Waals surface area contributed by atoms with E-state index in [-0.39, 0.29) is 11.7 Å². The second-order valence-electron chi connectivity index (χ2n) is 9.12. The zero-order valence-electron chi connectivity index (χ0n) is 21.0. The van der Waals surface area contributed by atoms with Crippen LogP contribution in [0.15, 0.2) is 78.9 Å². The van der Waals surface area contributed by atoms with E-state index < -0.39 is 18.0 Å². The number of carbonyl (C=O) groups is 2. The number of ether oxygens (including phenoxy) is 2. The third kappa shape index (κ3) is 4.52. The van der Waals surface area contributed by atoms with E-state index in [1.54, 1.807) is 31.3 Å². The van der Waals surface area contributed by atoms with Crippen molar-refractivity contribution in [2.45, 2.75) is 18.9 Å². The van der Waals surface area contributed by atoms with Crippen LogP contribution in [0.2, 0.25) is 5.02 Å². The number of hydrogen-bond acceptors (Lipinski definition) is 4. The molecule has 1 aliphatic rings. The summed E-state index contributed by atoms with van der Waals surface area (Å²) >= 11 is 6.46.